The first kappa shape index (κ1) is 17.3. The summed E-state index contributed by atoms with van der Waals surface area (Å²) in [6.45, 7) is 4.41. The molecule has 3 saturated heterocycles. The van der Waals surface area contributed by atoms with Crippen LogP contribution in [0.15, 0.2) is 0 Å². The Balaban J connectivity index is 1.78. The van der Waals surface area contributed by atoms with E-state index in [4.69, 9.17) is 8.37 Å². The third-order valence-corrected chi connectivity index (χ3v) is 104. The van der Waals surface area contributed by atoms with Crippen LogP contribution in [0.3, 0.4) is 0 Å². The zero-order chi connectivity index (χ0) is 14.5. The molecule has 0 aromatic carbocycles. The maximum atomic E-state index is 5.29. The molecule has 3 rings (SSSR count). The first-order valence-electron chi connectivity index (χ1n) is 7.48. The van der Waals surface area contributed by atoms with E-state index in [0.29, 0.717) is 12.2 Å². The van der Waals surface area contributed by atoms with E-state index < -0.39 is 11.0 Å². The molecule has 0 aliphatic carbocycles. The molecule has 0 N–H and O–H groups in total. The summed E-state index contributed by atoms with van der Waals surface area (Å²) in [4.78, 5) is 0. The van der Waals surface area contributed by atoms with E-state index in [1.165, 1.54) is 32.1 Å². The van der Waals surface area contributed by atoms with Crippen molar-refractivity contribution >= 4 is 60.3 Å². The Bertz CT molecular complexity index is 385. The second-order valence-corrected chi connectivity index (χ2v) is 72.8. The van der Waals surface area contributed by atoms with E-state index in [0.717, 1.165) is 29.3 Å². The van der Waals surface area contributed by atoms with Crippen molar-refractivity contribution in [2.24, 2.45) is 0 Å². The average molecular weight is 564 g/mol. The second-order valence-electron chi connectivity index (χ2n) is 6.76. The van der Waals surface area contributed by atoms with Gasteiger partial charge < -0.3 is 0 Å². The summed E-state index contributed by atoms with van der Waals surface area (Å²) in [5.74, 6) is 0. The molecule has 4 unspecified atom stereocenters. The predicted octanol–water partition coefficient (Wildman–Crippen LogP) is 3.89. The predicted molar refractivity (Wildman–Crippen MR) is 96.5 cm³/mol. The first-order chi connectivity index (χ1) is 9.46. The van der Waals surface area contributed by atoms with Crippen LogP contribution < -0.4 is 0 Å². The summed E-state index contributed by atoms with van der Waals surface area (Å²) >= 11 is 10.1. The van der Waals surface area contributed by atoms with E-state index in [2.05, 4.69) is 39.7 Å². The molecule has 120 valence electrons. The summed E-state index contributed by atoms with van der Waals surface area (Å²) < 4.78 is 16.2. The molecule has 0 radical (unpaired) electrons. The SMILES string of the molecule is CC(CC1[Se][Te]123(CCCCC2)[Se]C3CC(C)OS)OS. The van der Waals surface area contributed by atoms with Crippen LogP contribution in [0.5, 0.6) is 0 Å². The summed E-state index contributed by atoms with van der Waals surface area (Å²) in [6.07, 6.45) is 7.88. The van der Waals surface area contributed by atoms with Gasteiger partial charge in [-0.2, -0.15) is 0 Å². The Labute approximate surface area is 140 Å². The van der Waals surface area contributed by atoms with Crippen LogP contribution in [0, 0.1) is 0 Å². The minimum atomic E-state index is -2.49. The maximum absolute atomic E-state index is 5.29. The molecule has 3 fully saturated rings. The molecule has 3 heterocycles. The number of hydrogen-bond acceptors (Lipinski definition) is 4. The summed E-state index contributed by atoms with van der Waals surface area (Å²) in [5.41, 5.74) is 0. The van der Waals surface area contributed by atoms with Gasteiger partial charge in [-0.3, -0.25) is 0 Å². The van der Waals surface area contributed by atoms with E-state index in [1.807, 2.05) is 0 Å². The van der Waals surface area contributed by atoms with Crippen LogP contribution in [-0.4, -0.2) is 46.7 Å². The Morgan fingerprint density at radius 1 is 0.950 bits per heavy atom. The number of hydrogen-bond donors (Lipinski definition) is 2. The third kappa shape index (κ3) is 2.26. The van der Waals surface area contributed by atoms with Gasteiger partial charge in [-0.05, 0) is 0 Å². The molecule has 0 saturated carbocycles. The quantitative estimate of drug-likeness (QED) is 0.290. The standard InChI is InChI=1S/C13H26O2S2Se2Te/c1-10(14-16)8-12-18-20(12,6-4-3-5-7-20)13(19-20)9-11(2)15-17/h10-13,16-17H,3-9H2,1-2H3. The minimum absolute atomic E-state index is 0.347. The van der Waals surface area contributed by atoms with Crippen molar-refractivity contribution in [1.82, 2.24) is 0 Å². The Hall–Kier alpha value is 2.45. The van der Waals surface area contributed by atoms with Crippen LogP contribution in [0.4, 0.5) is 0 Å². The molecular formula is C13H26O2S2Se2Te. The zero-order valence-electron chi connectivity index (χ0n) is 12.2. The van der Waals surface area contributed by atoms with Crippen LogP contribution in [-0.2, 0) is 8.37 Å². The number of thiol groups is 2. The van der Waals surface area contributed by atoms with Crippen LogP contribution >= 0.6 is 25.8 Å². The van der Waals surface area contributed by atoms with Crippen molar-refractivity contribution in [1.29, 1.82) is 0 Å². The molecule has 7 heteroatoms. The van der Waals surface area contributed by atoms with Gasteiger partial charge in [-0.1, -0.05) is 0 Å². The van der Waals surface area contributed by atoms with Gasteiger partial charge >= 0.3 is 142 Å². The van der Waals surface area contributed by atoms with Gasteiger partial charge in [0.15, 0.2) is 0 Å². The molecule has 0 amide bonds. The van der Waals surface area contributed by atoms with E-state index in [9.17, 15) is 0 Å². The summed E-state index contributed by atoms with van der Waals surface area (Å²) in [5, 5.41) is 0. The van der Waals surface area contributed by atoms with Gasteiger partial charge in [-0.15, -0.1) is 0 Å². The molecule has 3 aliphatic rings. The Morgan fingerprint density at radius 2 is 1.40 bits per heavy atom. The van der Waals surface area contributed by atoms with Crippen molar-refractivity contribution in [3.8, 4) is 0 Å². The number of rotatable bonds is 6. The fourth-order valence-corrected chi connectivity index (χ4v) is 164. The Morgan fingerprint density at radius 3 is 1.80 bits per heavy atom. The Kier molecular flexibility index (Phi) is 4.74. The summed E-state index contributed by atoms with van der Waals surface area (Å²) in [7, 11) is -2.49. The molecule has 0 bridgehead atoms. The monoisotopic (exact) mass is 568 g/mol. The van der Waals surface area contributed by atoms with Gasteiger partial charge in [0.05, 0.1) is 0 Å². The van der Waals surface area contributed by atoms with Gasteiger partial charge in [0.25, 0.3) is 0 Å². The fraction of sp³-hybridized carbons (Fsp3) is 1.00. The van der Waals surface area contributed by atoms with Gasteiger partial charge in [0, 0.05) is 0 Å². The van der Waals surface area contributed by atoms with E-state index >= 15 is 0 Å². The van der Waals surface area contributed by atoms with E-state index in [1.54, 1.807) is 8.94 Å². The third-order valence-electron chi connectivity index (χ3n) is 5.48. The van der Waals surface area contributed by atoms with Crippen LogP contribution in [0.2, 0.25) is 14.7 Å². The molecule has 1 spiro atoms. The molecule has 4 atom stereocenters. The molecule has 0 aromatic heterocycles. The van der Waals surface area contributed by atoms with Gasteiger partial charge in [-0.25, -0.2) is 0 Å². The van der Waals surface area contributed by atoms with Crippen molar-refractivity contribution < 1.29 is 8.37 Å². The van der Waals surface area contributed by atoms with Crippen molar-refractivity contribution in [2.75, 3.05) is 0 Å². The molecular weight excluding hydrogens is 538 g/mol. The van der Waals surface area contributed by atoms with Gasteiger partial charge in [0.2, 0.25) is 0 Å². The van der Waals surface area contributed by atoms with Crippen molar-refractivity contribution in [3.05, 3.63) is 0 Å². The van der Waals surface area contributed by atoms with Gasteiger partial charge in [0.1, 0.15) is 0 Å². The topological polar surface area (TPSA) is 18.5 Å². The zero-order valence-corrected chi connectivity index (χ0v) is 19.7. The fourth-order valence-electron chi connectivity index (χ4n) is 4.13. The van der Waals surface area contributed by atoms with Crippen LogP contribution in [0.25, 0.3) is 0 Å². The van der Waals surface area contributed by atoms with Crippen LogP contribution in [0.1, 0.15) is 46.0 Å². The van der Waals surface area contributed by atoms with E-state index in [-0.39, 0.29) is 0 Å². The van der Waals surface area contributed by atoms with Crippen molar-refractivity contribution in [2.45, 2.75) is 72.8 Å². The van der Waals surface area contributed by atoms with Crippen molar-refractivity contribution in [3.63, 3.8) is 0 Å². The summed E-state index contributed by atoms with van der Waals surface area (Å²) in [6, 6.07) is 0. The molecule has 0 aromatic rings. The molecule has 2 nitrogen and oxygen atoms in total. The second kappa shape index (κ2) is 5.48. The first-order valence-corrected chi connectivity index (χ1v) is 27.5. The average Bonchev–Trinajstić information content (AvgIpc) is 3.23. The molecule has 3 aliphatic heterocycles. The molecule has 20 heavy (non-hydrogen) atoms. The normalized spacial score (nSPS) is 42.0.